The molecule has 0 N–H and O–H groups in total. The van der Waals surface area contributed by atoms with Crippen LogP contribution >= 0.6 is 23.1 Å². The van der Waals surface area contributed by atoms with E-state index >= 15 is 0 Å². The van der Waals surface area contributed by atoms with Crippen molar-refractivity contribution in [1.82, 2.24) is 19.9 Å². The van der Waals surface area contributed by atoms with E-state index in [1.165, 1.54) is 33.2 Å². The van der Waals surface area contributed by atoms with Gasteiger partial charge in [0.2, 0.25) is 0 Å². The number of aryl methyl sites for hydroxylation is 1. The van der Waals surface area contributed by atoms with Gasteiger partial charge in [0.15, 0.2) is 0 Å². The van der Waals surface area contributed by atoms with Crippen molar-refractivity contribution < 1.29 is 0 Å². The highest BCUT2D eigenvalue weighted by molar-refractivity contribution is 7.99. The van der Waals surface area contributed by atoms with Crippen LogP contribution in [0.25, 0.3) is 31.7 Å². The van der Waals surface area contributed by atoms with Crippen molar-refractivity contribution in [3.8, 4) is 11.3 Å². The number of rotatable bonds is 5. The van der Waals surface area contributed by atoms with Gasteiger partial charge in [0.1, 0.15) is 16.2 Å². The fourth-order valence-electron chi connectivity index (χ4n) is 3.94. The van der Waals surface area contributed by atoms with Gasteiger partial charge in [-0.1, -0.05) is 30.3 Å². The van der Waals surface area contributed by atoms with Crippen LogP contribution < -0.4 is 0 Å². The molecule has 4 nitrogen and oxygen atoms in total. The second-order valence-corrected chi connectivity index (χ2v) is 9.51. The number of thioether (sulfide) groups is 1. The van der Waals surface area contributed by atoms with Crippen molar-refractivity contribution in [2.45, 2.75) is 24.3 Å². The number of benzene rings is 1. The molecule has 0 unspecified atom stereocenters. The first kappa shape index (κ1) is 18.0. The minimum absolute atomic E-state index is 1.02. The average molecular weight is 407 g/mol. The Bertz CT molecular complexity index is 1150. The summed E-state index contributed by atoms with van der Waals surface area (Å²) in [5, 5.41) is 2.35. The number of thiophene rings is 1. The summed E-state index contributed by atoms with van der Waals surface area (Å²) in [4.78, 5) is 17.7. The summed E-state index contributed by atoms with van der Waals surface area (Å²) in [6.45, 7) is 1.03. The number of fused-ring (bicyclic) bond motifs is 5. The molecule has 0 aliphatic heterocycles. The quantitative estimate of drug-likeness (QED) is 0.343. The zero-order valence-electron chi connectivity index (χ0n) is 16.1. The molecular formula is C22H22N4S2. The van der Waals surface area contributed by atoms with Gasteiger partial charge in [-0.25, -0.2) is 15.0 Å². The smallest absolute Gasteiger partial charge is 0.127 e. The SMILES string of the molecule is CN(C)CCSc1ncnc2c1sc1nc(-c3ccccc3)c3c(c12)CCC3. The van der Waals surface area contributed by atoms with Gasteiger partial charge in [0.05, 0.1) is 15.9 Å². The van der Waals surface area contributed by atoms with Crippen molar-refractivity contribution in [2.75, 3.05) is 26.4 Å². The first-order valence-corrected chi connectivity index (χ1v) is 11.4. The highest BCUT2D eigenvalue weighted by Crippen LogP contribution is 2.43. The summed E-state index contributed by atoms with van der Waals surface area (Å²) in [5.74, 6) is 1.02. The largest absolute Gasteiger partial charge is 0.309 e. The molecule has 1 aliphatic carbocycles. The summed E-state index contributed by atoms with van der Waals surface area (Å²) in [6.07, 6.45) is 5.14. The Labute approximate surface area is 173 Å². The molecule has 1 aromatic carbocycles. The lowest BCUT2D eigenvalue weighted by atomic mass is 10.0. The van der Waals surface area contributed by atoms with E-state index in [-0.39, 0.29) is 0 Å². The first-order valence-electron chi connectivity index (χ1n) is 9.64. The van der Waals surface area contributed by atoms with Crippen LogP contribution in [0.4, 0.5) is 0 Å². The molecule has 4 aromatic rings. The van der Waals surface area contributed by atoms with Crippen molar-refractivity contribution in [3.05, 3.63) is 47.8 Å². The lowest BCUT2D eigenvalue weighted by molar-refractivity contribution is 0.437. The van der Waals surface area contributed by atoms with E-state index in [2.05, 4.69) is 59.3 Å². The normalized spacial score (nSPS) is 13.7. The summed E-state index contributed by atoms with van der Waals surface area (Å²) < 4.78 is 1.19. The van der Waals surface area contributed by atoms with E-state index in [0.29, 0.717) is 0 Å². The fourth-order valence-corrected chi connectivity index (χ4v) is 6.28. The minimum atomic E-state index is 1.02. The maximum atomic E-state index is 5.14. The van der Waals surface area contributed by atoms with Crippen LogP contribution in [0, 0.1) is 0 Å². The van der Waals surface area contributed by atoms with Gasteiger partial charge in [-0.15, -0.1) is 23.1 Å². The topological polar surface area (TPSA) is 41.9 Å². The van der Waals surface area contributed by atoms with Crippen molar-refractivity contribution >= 4 is 43.5 Å². The molecule has 3 heterocycles. The predicted molar refractivity (Wildman–Crippen MR) is 119 cm³/mol. The molecular weight excluding hydrogens is 384 g/mol. The third-order valence-electron chi connectivity index (χ3n) is 5.26. The van der Waals surface area contributed by atoms with Gasteiger partial charge in [0, 0.05) is 23.2 Å². The standard InChI is InChI=1S/C22H22N4S2/c1-26(2)11-12-27-22-20-19(23-13-24-22)17-15-9-6-10-16(15)18(25-21(17)28-20)14-7-4-3-5-8-14/h3-5,7-8,13H,6,9-12H2,1-2H3. The van der Waals surface area contributed by atoms with E-state index in [0.717, 1.165) is 46.2 Å². The van der Waals surface area contributed by atoms with Crippen LogP contribution in [0.1, 0.15) is 17.5 Å². The Balaban J connectivity index is 1.69. The molecule has 142 valence electrons. The minimum Gasteiger partial charge on any atom is -0.309 e. The lowest BCUT2D eigenvalue weighted by Gasteiger charge is -2.09. The van der Waals surface area contributed by atoms with Crippen LogP contribution in [-0.2, 0) is 12.8 Å². The molecule has 0 spiro atoms. The molecule has 0 bridgehead atoms. The van der Waals surface area contributed by atoms with E-state index in [4.69, 9.17) is 4.98 Å². The summed E-state index contributed by atoms with van der Waals surface area (Å²) >= 11 is 3.57. The highest BCUT2D eigenvalue weighted by Gasteiger charge is 2.24. The van der Waals surface area contributed by atoms with Crippen LogP contribution in [-0.4, -0.2) is 46.2 Å². The molecule has 0 atom stereocenters. The Kier molecular flexibility index (Phi) is 4.78. The van der Waals surface area contributed by atoms with Crippen molar-refractivity contribution in [3.63, 3.8) is 0 Å². The molecule has 0 radical (unpaired) electrons. The van der Waals surface area contributed by atoms with Crippen LogP contribution in [0.2, 0.25) is 0 Å². The predicted octanol–water partition coefficient (Wildman–Crippen LogP) is 5.05. The molecule has 1 aliphatic rings. The summed E-state index contributed by atoms with van der Waals surface area (Å²) in [6, 6.07) is 10.6. The first-order chi connectivity index (χ1) is 13.7. The van der Waals surface area contributed by atoms with E-state index in [1.807, 2.05) is 11.8 Å². The number of nitrogens with zero attached hydrogens (tertiary/aromatic N) is 4. The van der Waals surface area contributed by atoms with Gasteiger partial charge in [-0.2, -0.15) is 0 Å². The van der Waals surface area contributed by atoms with E-state index in [1.54, 1.807) is 17.7 Å². The number of aromatic nitrogens is 3. The van der Waals surface area contributed by atoms with Crippen LogP contribution in [0.3, 0.4) is 0 Å². The maximum absolute atomic E-state index is 5.14. The van der Waals surface area contributed by atoms with E-state index < -0.39 is 0 Å². The Hall–Kier alpha value is -2.02. The Morgan fingerprint density at radius 1 is 1.07 bits per heavy atom. The molecule has 28 heavy (non-hydrogen) atoms. The molecule has 0 fully saturated rings. The molecule has 3 aromatic heterocycles. The summed E-state index contributed by atoms with van der Waals surface area (Å²) in [5.41, 5.74) is 6.33. The molecule has 5 rings (SSSR count). The van der Waals surface area contributed by atoms with Gasteiger partial charge in [0.25, 0.3) is 0 Å². The van der Waals surface area contributed by atoms with Crippen LogP contribution in [0.15, 0.2) is 41.7 Å². The maximum Gasteiger partial charge on any atom is 0.127 e. The third kappa shape index (κ3) is 3.09. The average Bonchev–Trinajstić information content (AvgIpc) is 3.32. The van der Waals surface area contributed by atoms with Gasteiger partial charge in [-0.3, -0.25) is 0 Å². The Morgan fingerprint density at radius 2 is 1.89 bits per heavy atom. The van der Waals surface area contributed by atoms with Gasteiger partial charge >= 0.3 is 0 Å². The number of pyridine rings is 1. The van der Waals surface area contributed by atoms with Crippen LogP contribution in [0.5, 0.6) is 0 Å². The molecule has 0 saturated heterocycles. The highest BCUT2D eigenvalue weighted by atomic mass is 32.2. The Morgan fingerprint density at radius 3 is 2.71 bits per heavy atom. The second-order valence-electron chi connectivity index (χ2n) is 7.43. The van der Waals surface area contributed by atoms with Gasteiger partial charge in [-0.05, 0) is 44.5 Å². The van der Waals surface area contributed by atoms with Crippen molar-refractivity contribution in [1.29, 1.82) is 0 Å². The summed E-state index contributed by atoms with van der Waals surface area (Å²) in [7, 11) is 4.21. The lowest BCUT2D eigenvalue weighted by Crippen LogP contribution is -2.14. The fraction of sp³-hybridized carbons (Fsp3) is 0.318. The second kappa shape index (κ2) is 7.43. The van der Waals surface area contributed by atoms with Gasteiger partial charge < -0.3 is 4.90 Å². The zero-order valence-corrected chi connectivity index (χ0v) is 17.7. The molecule has 0 amide bonds. The number of hydrogen-bond donors (Lipinski definition) is 0. The monoisotopic (exact) mass is 406 g/mol. The van der Waals surface area contributed by atoms with E-state index in [9.17, 15) is 0 Å². The molecule has 0 saturated carbocycles. The zero-order chi connectivity index (χ0) is 19.1. The number of hydrogen-bond acceptors (Lipinski definition) is 6. The van der Waals surface area contributed by atoms with Crippen molar-refractivity contribution in [2.24, 2.45) is 0 Å². The molecule has 6 heteroatoms. The third-order valence-corrected chi connectivity index (χ3v) is 7.44.